The summed E-state index contributed by atoms with van der Waals surface area (Å²) in [6.45, 7) is 0.464. The number of nitrogens with one attached hydrogen (secondary N) is 1. The number of aldehydes is 1. The Balaban J connectivity index is 1.35. The van der Waals surface area contributed by atoms with Crippen molar-refractivity contribution in [1.82, 2.24) is 5.32 Å². The highest BCUT2D eigenvalue weighted by atomic mass is 32.1. The number of hydrogen-bond acceptors (Lipinski definition) is 4. The summed E-state index contributed by atoms with van der Waals surface area (Å²) in [7, 11) is 0. The average Bonchev–Trinajstić information content (AvgIpc) is 3.32. The highest BCUT2D eigenvalue weighted by molar-refractivity contribution is 7.14. The number of ether oxygens (including phenoxy) is 1. The molecule has 0 unspecified atom stereocenters. The molecule has 0 aliphatic heterocycles. The highest BCUT2D eigenvalue weighted by Crippen LogP contribution is 2.44. The van der Waals surface area contributed by atoms with Crippen molar-refractivity contribution in [3.05, 3.63) is 81.5 Å². The van der Waals surface area contributed by atoms with Crippen molar-refractivity contribution >= 4 is 23.7 Å². The van der Waals surface area contributed by atoms with Gasteiger partial charge in [-0.3, -0.25) is 4.79 Å². The topological polar surface area (TPSA) is 55.4 Å². The number of amides is 1. The van der Waals surface area contributed by atoms with E-state index < -0.39 is 6.09 Å². The van der Waals surface area contributed by atoms with Gasteiger partial charge in [-0.15, -0.1) is 11.3 Å². The molecule has 1 heterocycles. The van der Waals surface area contributed by atoms with Crippen LogP contribution in [0, 0.1) is 11.8 Å². The third-order valence-corrected chi connectivity index (χ3v) is 5.55. The molecule has 1 aliphatic carbocycles. The van der Waals surface area contributed by atoms with E-state index in [1.165, 1.54) is 33.6 Å². The lowest BCUT2D eigenvalue weighted by Gasteiger charge is -2.14. The van der Waals surface area contributed by atoms with E-state index in [1.807, 2.05) is 24.3 Å². The van der Waals surface area contributed by atoms with E-state index in [0.29, 0.717) is 4.88 Å². The molecule has 5 heteroatoms. The maximum absolute atomic E-state index is 12.0. The molecule has 1 aromatic heterocycles. The molecule has 4 nitrogen and oxygen atoms in total. The van der Waals surface area contributed by atoms with Crippen LogP contribution in [-0.4, -0.2) is 25.5 Å². The molecular weight excluding hydrogens is 370 g/mol. The van der Waals surface area contributed by atoms with Gasteiger partial charge >= 0.3 is 6.09 Å². The van der Waals surface area contributed by atoms with Gasteiger partial charge < -0.3 is 10.1 Å². The number of alkyl carbamates (subject to hydrolysis) is 1. The number of thiophene rings is 1. The first kappa shape index (κ1) is 18.0. The summed E-state index contributed by atoms with van der Waals surface area (Å²) in [5.74, 6) is 5.82. The van der Waals surface area contributed by atoms with E-state index in [9.17, 15) is 9.59 Å². The lowest BCUT2D eigenvalue weighted by atomic mass is 9.98. The van der Waals surface area contributed by atoms with Gasteiger partial charge in [0, 0.05) is 5.92 Å². The number of rotatable bonds is 4. The molecule has 0 bridgehead atoms. The van der Waals surface area contributed by atoms with E-state index >= 15 is 0 Å². The van der Waals surface area contributed by atoms with E-state index in [4.69, 9.17) is 4.74 Å². The first-order chi connectivity index (χ1) is 13.8. The van der Waals surface area contributed by atoms with Crippen molar-refractivity contribution in [3.63, 3.8) is 0 Å². The number of benzene rings is 2. The predicted octanol–water partition coefficient (Wildman–Crippen LogP) is 4.45. The van der Waals surface area contributed by atoms with Gasteiger partial charge in [-0.05, 0) is 34.4 Å². The Morgan fingerprint density at radius 3 is 2.36 bits per heavy atom. The van der Waals surface area contributed by atoms with Crippen LogP contribution in [0.5, 0.6) is 0 Å². The average molecular weight is 387 g/mol. The van der Waals surface area contributed by atoms with E-state index in [2.05, 4.69) is 41.4 Å². The van der Waals surface area contributed by atoms with Crippen LogP contribution in [0.15, 0.2) is 60.7 Å². The second-order valence-corrected chi connectivity index (χ2v) is 7.42. The van der Waals surface area contributed by atoms with Gasteiger partial charge in [0.25, 0.3) is 0 Å². The highest BCUT2D eigenvalue weighted by Gasteiger charge is 2.28. The molecule has 0 fully saturated rings. The Hall–Kier alpha value is -3.36. The number of hydrogen-bond donors (Lipinski definition) is 1. The number of carbonyl (C=O) groups excluding carboxylic acids is 2. The summed E-state index contributed by atoms with van der Waals surface area (Å²) in [5.41, 5.74) is 4.76. The van der Waals surface area contributed by atoms with Crippen molar-refractivity contribution in [3.8, 4) is 23.0 Å². The van der Waals surface area contributed by atoms with Crippen LogP contribution in [0.4, 0.5) is 4.79 Å². The predicted molar refractivity (Wildman–Crippen MR) is 110 cm³/mol. The fourth-order valence-electron chi connectivity index (χ4n) is 3.38. The zero-order valence-electron chi connectivity index (χ0n) is 15.0. The normalized spacial score (nSPS) is 11.7. The van der Waals surface area contributed by atoms with Crippen LogP contribution in [0.3, 0.4) is 0 Å². The van der Waals surface area contributed by atoms with Crippen molar-refractivity contribution in [2.45, 2.75) is 5.92 Å². The molecule has 2 aromatic carbocycles. The minimum atomic E-state index is -0.490. The minimum absolute atomic E-state index is 0.0390. The lowest BCUT2D eigenvalue weighted by Crippen LogP contribution is -2.26. The van der Waals surface area contributed by atoms with Gasteiger partial charge in [-0.2, -0.15) is 0 Å². The third kappa shape index (κ3) is 3.68. The van der Waals surface area contributed by atoms with Crippen LogP contribution in [0.2, 0.25) is 0 Å². The molecule has 0 saturated carbocycles. The van der Waals surface area contributed by atoms with Crippen molar-refractivity contribution in [2.24, 2.45) is 0 Å². The van der Waals surface area contributed by atoms with E-state index in [0.717, 1.165) is 11.2 Å². The minimum Gasteiger partial charge on any atom is -0.449 e. The van der Waals surface area contributed by atoms with Gasteiger partial charge in [0.2, 0.25) is 0 Å². The molecule has 3 aromatic rings. The van der Waals surface area contributed by atoms with Gasteiger partial charge in [0.1, 0.15) is 6.61 Å². The third-order valence-electron chi connectivity index (χ3n) is 4.62. The maximum Gasteiger partial charge on any atom is 0.407 e. The zero-order valence-corrected chi connectivity index (χ0v) is 15.8. The van der Waals surface area contributed by atoms with Gasteiger partial charge in [0.15, 0.2) is 6.29 Å². The summed E-state index contributed by atoms with van der Waals surface area (Å²) < 4.78 is 5.45. The second-order valence-electron chi connectivity index (χ2n) is 6.30. The van der Waals surface area contributed by atoms with Crippen LogP contribution in [0.1, 0.15) is 31.6 Å². The Labute approximate surface area is 167 Å². The Morgan fingerprint density at radius 2 is 1.71 bits per heavy atom. The van der Waals surface area contributed by atoms with Crippen LogP contribution in [0.25, 0.3) is 11.1 Å². The van der Waals surface area contributed by atoms with E-state index in [-0.39, 0.29) is 19.1 Å². The lowest BCUT2D eigenvalue weighted by molar-refractivity contribution is 0.112. The SMILES string of the molecule is O=Cc1ccc(C#CCNC(=O)OCC2c3ccccc3-c3ccccc32)s1. The Kier molecular flexibility index (Phi) is 5.22. The summed E-state index contributed by atoms with van der Waals surface area (Å²) in [6, 6.07) is 19.9. The molecule has 1 N–H and O–H groups in total. The monoisotopic (exact) mass is 387 g/mol. The van der Waals surface area contributed by atoms with Gasteiger partial charge in [0.05, 0.1) is 16.3 Å². The molecule has 1 aliphatic rings. The fourth-order valence-corrected chi connectivity index (χ4v) is 4.08. The van der Waals surface area contributed by atoms with E-state index in [1.54, 1.807) is 12.1 Å². The Morgan fingerprint density at radius 1 is 1.04 bits per heavy atom. The molecule has 1 amide bonds. The zero-order chi connectivity index (χ0) is 19.3. The maximum atomic E-state index is 12.0. The van der Waals surface area contributed by atoms with Crippen molar-refractivity contribution in [2.75, 3.05) is 13.2 Å². The molecule has 4 rings (SSSR count). The molecule has 0 atom stereocenters. The molecule has 138 valence electrons. The smallest absolute Gasteiger partial charge is 0.407 e. The molecular formula is C23H17NO3S. The first-order valence-corrected chi connectivity index (χ1v) is 9.70. The first-order valence-electron chi connectivity index (χ1n) is 8.89. The van der Waals surface area contributed by atoms with Crippen molar-refractivity contribution in [1.29, 1.82) is 0 Å². The summed E-state index contributed by atoms with van der Waals surface area (Å²) in [6.07, 6.45) is 0.307. The van der Waals surface area contributed by atoms with Gasteiger partial charge in [-0.25, -0.2) is 4.79 Å². The van der Waals surface area contributed by atoms with Crippen LogP contribution < -0.4 is 5.32 Å². The van der Waals surface area contributed by atoms with Crippen molar-refractivity contribution < 1.29 is 14.3 Å². The van der Waals surface area contributed by atoms with Gasteiger partial charge in [-0.1, -0.05) is 60.4 Å². The van der Waals surface area contributed by atoms with Crippen LogP contribution in [-0.2, 0) is 4.74 Å². The number of fused-ring (bicyclic) bond motifs is 3. The standard InChI is InChI=1S/C23H17NO3S/c25-14-17-12-11-16(28-17)6-5-13-24-23(26)27-15-22-20-9-3-1-7-18(20)19-8-2-4-10-21(19)22/h1-4,7-12,14,22H,13,15H2,(H,24,26). The number of carbonyl (C=O) groups is 2. The quantitative estimate of drug-likeness (QED) is 0.531. The molecule has 0 spiro atoms. The summed E-state index contributed by atoms with van der Waals surface area (Å²) >= 11 is 1.32. The molecule has 0 radical (unpaired) electrons. The fraction of sp³-hybridized carbons (Fsp3) is 0.130. The van der Waals surface area contributed by atoms with Crippen LogP contribution >= 0.6 is 11.3 Å². The summed E-state index contributed by atoms with van der Waals surface area (Å²) in [5, 5.41) is 2.65. The second kappa shape index (κ2) is 8.12. The summed E-state index contributed by atoms with van der Waals surface area (Å²) in [4.78, 5) is 24.1. The molecule has 28 heavy (non-hydrogen) atoms. The molecule has 0 saturated heterocycles. The largest absolute Gasteiger partial charge is 0.449 e. The Bertz CT molecular complexity index is 1040.